The van der Waals surface area contributed by atoms with Crippen molar-refractivity contribution in [2.45, 2.75) is 0 Å². The van der Waals surface area contributed by atoms with Gasteiger partial charge in [-0.05, 0) is 18.1 Å². The highest BCUT2D eigenvalue weighted by Crippen LogP contribution is 2.11. The van der Waals surface area contributed by atoms with Crippen LogP contribution in [0.2, 0.25) is 0 Å². The lowest BCUT2D eigenvalue weighted by atomic mass is 10.0. The van der Waals surface area contributed by atoms with Crippen LogP contribution in [0.3, 0.4) is 0 Å². The summed E-state index contributed by atoms with van der Waals surface area (Å²) >= 11 is 0. The average molecular weight is 259 g/mol. The SMILES string of the molecule is O=C(c1ccccc1)N1CCN(CC2CNC2)CC1. The molecule has 0 aliphatic carbocycles. The summed E-state index contributed by atoms with van der Waals surface area (Å²) < 4.78 is 0. The molecule has 2 heterocycles. The van der Waals surface area contributed by atoms with Crippen LogP contribution in [-0.4, -0.2) is 61.5 Å². The quantitative estimate of drug-likeness (QED) is 0.866. The minimum atomic E-state index is 0.172. The highest BCUT2D eigenvalue weighted by atomic mass is 16.2. The highest BCUT2D eigenvalue weighted by Gasteiger charge is 2.25. The van der Waals surface area contributed by atoms with E-state index in [0.29, 0.717) is 0 Å². The maximum atomic E-state index is 12.3. The Morgan fingerprint density at radius 1 is 1.11 bits per heavy atom. The first-order valence-corrected chi connectivity index (χ1v) is 7.10. The Morgan fingerprint density at radius 3 is 2.37 bits per heavy atom. The molecule has 0 bridgehead atoms. The number of hydrogen-bond acceptors (Lipinski definition) is 3. The van der Waals surface area contributed by atoms with Crippen LogP contribution in [0.5, 0.6) is 0 Å². The van der Waals surface area contributed by atoms with Crippen molar-refractivity contribution in [3.63, 3.8) is 0 Å². The van der Waals surface area contributed by atoms with Gasteiger partial charge in [-0.25, -0.2) is 0 Å². The van der Waals surface area contributed by atoms with Gasteiger partial charge in [0.15, 0.2) is 0 Å². The van der Waals surface area contributed by atoms with Gasteiger partial charge in [0.2, 0.25) is 0 Å². The molecule has 0 atom stereocenters. The molecule has 4 heteroatoms. The summed E-state index contributed by atoms with van der Waals surface area (Å²) in [6.07, 6.45) is 0. The van der Waals surface area contributed by atoms with E-state index < -0.39 is 0 Å². The third-order valence-electron chi connectivity index (χ3n) is 4.06. The van der Waals surface area contributed by atoms with E-state index in [2.05, 4.69) is 10.2 Å². The Kier molecular flexibility index (Phi) is 3.80. The second-order valence-electron chi connectivity index (χ2n) is 5.48. The van der Waals surface area contributed by atoms with E-state index >= 15 is 0 Å². The highest BCUT2D eigenvalue weighted by molar-refractivity contribution is 5.94. The third-order valence-corrected chi connectivity index (χ3v) is 4.06. The Balaban J connectivity index is 1.50. The molecule has 4 nitrogen and oxygen atoms in total. The number of hydrogen-bond donors (Lipinski definition) is 1. The summed E-state index contributed by atoms with van der Waals surface area (Å²) in [7, 11) is 0. The molecule has 0 saturated carbocycles. The first-order chi connectivity index (χ1) is 9.33. The van der Waals surface area contributed by atoms with Crippen LogP contribution in [-0.2, 0) is 0 Å². The van der Waals surface area contributed by atoms with Gasteiger partial charge in [0.25, 0.3) is 5.91 Å². The van der Waals surface area contributed by atoms with Crippen molar-refractivity contribution in [1.29, 1.82) is 0 Å². The van der Waals surface area contributed by atoms with Crippen LogP contribution in [0.25, 0.3) is 0 Å². The molecular weight excluding hydrogens is 238 g/mol. The van der Waals surface area contributed by atoms with Crippen molar-refractivity contribution in [3.05, 3.63) is 35.9 Å². The predicted molar refractivity (Wildman–Crippen MR) is 75.1 cm³/mol. The molecule has 0 unspecified atom stereocenters. The number of nitrogens with one attached hydrogen (secondary N) is 1. The maximum absolute atomic E-state index is 12.3. The molecule has 102 valence electrons. The van der Waals surface area contributed by atoms with E-state index in [1.165, 1.54) is 6.54 Å². The van der Waals surface area contributed by atoms with Gasteiger partial charge < -0.3 is 10.2 Å². The number of amides is 1. The van der Waals surface area contributed by atoms with Crippen molar-refractivity contribution in [3.8, 4) is 0 Å². The standard InChI is InChI=1S/C15H21N3O/c19-15(14-4-2-1-3-5-14)18-8-6-17(7-9-18)12-13-10-16-11-13/h1-5,13,16H,6-12H2. The summed E-state index contributed by atoms with van der Waals surface area (Å²) in [4.78, 5) is 16.8. The van der Waals surface area contributed by atoms with Crippen molar-refractivity contribution < 1.29 is 4.79 Å². The Bertz CT molecular complexity index is 422. The molecule has 1 N–H and O–H groups in total. The Labute approximate surface area is 114 Å². The lowest BCUT2D eigenvalue weighted by molar-refractivity contribution is 0.0601. The zero-order chi connectivity index (χ0) is 13.1. The molecule has 2 fully saturated rings. The molecule has 0 radical (unpaired) electrons. The van der Waals surface area contributed by atoms with Gasteiger partial charge >= 0.3 is 0 Å². The fourth-order valence-corrected chi connectivity index (χ4v) is 2.74. The van der Waals surface area contributed by atoms with E-state index in [4.69, 9.17) is 0 Å². The topological polar surface area (TPSA) is 35.6 Å². The van der Waals surface area contributed by atoms with Crippen LogP contribution in [0.1, 0.15) is 10.4 Å². The summed E-state index contributed by atoms with van der Waals surface area (Å²) in [6.45, 7) is 7.22. The monoisotopic (exact) mass is 259 g/mol. The van der Waals surface area contributed by atoms with E-state index in [1.54, 1.807) is 0 Å². The fourth-order valence-electron chi connectivity index (χ4n) is 2.74. The lowest BCUT2D eigenvalue weighted by Crippen LogP contribution is -2.54. The third kappa shape index (κ3) is 2.96. The minimum absolute atomic E-state index is 0.172. The van der Waals surface area contributed by atoms with Crippen LogP contribution in [0.15, 0.2) is 30.3 Å². The van der Waals surface area contributed by atoms with E-state index in [1.807, 2.05) is 35.2 Å². The predicted octanol–water partition coefficient (Wildman–Crippen LogP) is 0.664. The molecule has 2 aliphatic heterocycles. The van der Waals surface area contributed by atoms with Gasteiger partial charge in [-0.1, -0.05) is 18.2 Å². The molecule has 0 aromatic heterocycles. The molecule has 1 amide bonds. The van der Waals surface area contributed by atoms with Gasteiger partial charge in [-0.2, -0.15) is 0 Å². The first-order valence-electron chi connectivity index (χ1n) is 7.10. The van der Waals surface area contributed by atoms with Crippen molar-refractivity contribution in [2.24, 2.45) is 5.92 Å². The van der Waals surface area contributed by atoms with Crippen LogP contribution < -0.4 is 5.32 Å². The number of carbonyl (C=O) groups excluding carboxylic acids is 1. The molecule has 19 heavy (non-hydrogen) atoms. The molecule has 1 aromatic carbocycles. The van der Waals surface area contributed by atoms with Crippen LogP contribution >= 0.6 is 0 Å². The number of nitrogens with zero attached hydrogens (tertiary/aromatic N) is 2. The van der Waals surface area contributed by atoms with Gasteiger partial charge in [0, 0.05) is 51.4 Å². The first kappa shape index (κ1) is 12.6. The maximum Gasteiger partial charge on any atom is 0.253 e. The smallest absolute Gasteiger partial charge is 0.253 e. The van der Waals surface area contributed by atoms with E-state index in [9.17, 15) is 4.79 Å². The number of benzene rings is 1. The summed E-state index contributed by atoms with van der Waals surface area (Å²) in [5, 5.41) is 3.31. The van der Waals surface area contributed by atoms with Crippen molar-refractivity contribution in [1.82, 2.24) is 15.1 Å². The number of carbonyl (C=O) groups is 1. The average Bonchev–Trinajstić information content (AvgIpc) is 2.44. The zero-order valence-corrected chi connectivity index (χ0v) is 11.2. The summed E-state index contributed by atoms with van der Waals surface area (Å²) in [6, 6.07) is 9.59. The lowest BCUT2D eigenvalue weighted by Gasteiger charge is -2.38. The Hall–Kier alpha value is -1.39. The molecular formula is C15H21N3O. The fraction of sp³-hybridized carbons (Fsp3) is 0.533. The molecule has 1 aromatic rings. The Morgan fingerprint density at radius 2 is 1.79 bits per heavy atom. The molecule has 2 aliphatic rings. The second-order valence-corrected chi connectivity index (χ2v) is 5.48. The number of rotatable bonds is 3. The van der Waals surface area contributed by atoms with Crippen LogP contribution in [0, 0.1) is 5.92 Å². The van der Waals surface area contributed by atoms with Gasteiger partial charge in [0.1, 0.15) is 0 Å². The second kappa shape index (κ2) is 5.72. The normalized spacial score (nSPS) is 21.2. The van der Waals surface area contributed by atoms with Crippen molar-refractivity contribution in [2.75, 3.05) is 45.8 Å². The van der Waals surface area contributed by atoms with E-state index in [-0.39, 0.29) is 5.91 Å². The van der Waals surface area contributed by atoms with E-state index in [0.717, 1.165) is 50.7 Å². The van der Waals surface area contributed by atoms with Gasteiger partial charge in [-0.3, -0.25) is 9.69 Å². The molecule has 2 saturated heterocycles. The van der Waals surface area contributed by atoms with Crippen LogP contribution in [0.4, 0.5) is 0 Å². The van der Waals surface area contributed by atoms with Gasteiger partial charge in [-0.15, -0.1) is 0 Å². The zero-order valence-electron chi connectivity index (χ0n) is 11.2. The largest absolute Gasteiger partial charge is 0.336 e. The minimum Gasteiger partial charge on any atom is -0.336 e. The molecule has 0 spiro atoms. The summed E-state index contributed by atoms with van der Waals surface area (Å²) in [5.41, 5.74) is 0.805. The van der Waals surface area contributed by atoms with Crippen molar-refractivity contribution >= 4 is 5.91 Å². The number of piperazine rings is 1. The molecule has 3 rings (SSSR count). The van der Waals surface area contributed by atoms with Gasteiger partial charge in [0.05, 0.1) is 0 Å². The summed E-state index contributed by atoms with van der Waals surface area (Å²) in [5.74, 6) is 0.988.